The third-order valence-corrected chi connectivity index (χ3v) is 2.74. The van der Waals surface area contributed by atoms with E-state index in [2.05, 4.69) is 0 Å². The summed E-state index contributed by atoms with van der Waals surface area (Å²) in [5, 5.41) is 8.79. The molecular weight excluding hydrogens is 222 g/mol. The Hall–Kier alpha value is -2.04. The summed E-state index contributed by atoms with van der Waals surface area (Å²) in [6.07, 6.45) is -0.0667. The molecule has 5 nitrogen and oxygen atoms in total. The lowest BCUT2D eigenvalue weighted by atomic mass is 10.1. The zero-order valence-corrected chi connectivity index (χ0v) is 9.20. The van der Waals surface area contributed by atoms with E-state index >= 15 is 0 Å². The Bertz CT molecular complexity index is 418. The number of carbonyl (C=O) groups is 2. The van der Waals surface area contributed by atoms with Crippen molar-refractivity contribution in [3.63, 3.8) is 0 Å². The lowest BCUT2D eigenvalue weighted by Gasteiger charge is -2.36. The summed E-state index contributed by atoms with van der Waals surface area (Å²) in [6.45, 7) is 0.618. The average Bonchev–Trinajstić information content (AvgIpc) is 2.25. The second-order valence-corrected chi connectivity index (χ2v) is 3.88. The van der Waals surface area contributed by atoms with Gasteiger partial charge in [-0.3, -0.25) is 4.90 Å². The van der Waals surface area contributed by atoms with Gasteiger partial charge < -0.3 is 9.84 Å². The maximum Gasteiger partial charge on any atom is 0.410 e. The Morgan fingerprint density at radius 3 is 2.59 bits per heavy atom. The molecule has 0 unspecified atom stereocenters. The number of nitrogens with zero attached hydrogens (tertiary/aromatic N) is 1. The molecule has 0 radical (unpaired) electrons. The van der Waals surface area contributed by atoms with Crippen LogP contribution in [0.5, 0.6) is 0 Å². The van der Waals surface area contributed by atoms with Crippen molar-refractivity contribution in [3.05, 3.63) is 35.9 Å². The van der Waals surface area contributed by atoms with Crippen LogP contribution < -0.4 is 0 Å². The maximum absolute atomic E-state index is 11.6. The topological polar surface area (TPSA) is 66.8 Å². The molecule has 0 saturated carbocycles. The molecule has 1 N–H and O–H groups in total. The van der Waals surface area contributed by atoms with Crippen molar-refractivity contribution >= 4 is 12.1 Å². The second kappa shape index (κ2) is 4.86. The van der Waals surface area contributed by atoms with E-state index in [0.29, 0.717) is 13.0 Å². The molecule has 1 saturated heterocycles. The molecule has 5 heteroatoms. The largest absolute Gasteiger partial charge is 0.480 e. The molecule has 90 valence electrons. The fourth-order valence-electron chi connectivity index (χ4n) is 1.66. The number of ether oxygens (including phenoxy) is 1. The number of likely N-dealkylation sites (tertiary alicyclic amines) is 1. The molecular formula is C12H13NO4. The summed E-state index contributed by atoms with van der Waals surface area (Å²) in [5.74, 6) is -0.979. The third-order valence-electron chi connectivity index (χ3n) is 2.74. The standard InChI is InChI=1S/C12H13NO4/c14-11(15)10-6-7-13(10)12(16)17-8-9-4-2-1-3-5-9/h1-5,10H,6-8H2,(H,14,15)/t10-/m0/s1. The molecule has 1 fully saturated rings. The van der Waals surface area contributed by atoms with E-state index in [1.807, 2.05) is 30.3 Å². The summed E-state index contributed by atoms with van der Waals surface area (Å²) in [4.78, 5) is 23.5. The molecule has 2 rings (SSSR count). The fraction of sp³-hybridized carbons (Fsp3) is 0.333. The monoisotopic (exact) mass is 235 g/mol. The first-order chi connectivity index (χ1) is 8.18. The van der Waals surface area contributed by atoms with E-state index in [1.165, 1.54) is 4.90 Å². The van der Waals surface area contributed by atoms with Crippen molar-refractivity contribution in [1.29, 1.82) is 0 Å². The molecule has 1 amide bonds. The van der Waals surface area contributed by atoms with Crippen LogP contribution >= 0.6 is 0 Å². The van der Waals surface area contributed by atoms with E-state index in [0.717, 1.165) is 5.56 Å². The highest BCUT2D eigenvalue weighted by molar-refractivity contribution is 5.81. The van der Waals surface area contributed by atoms with Crippen LogP contribution in [0.1, 0.15) is 12.0 Å². The Morgan fingerprint density at radius 1 is 1.35 bits per heavy atom. The van der Waals surface area contributed by atoms with Gasteiger partial charge in [0.2, 0.25) is 0 Å². The lowest BCUT2D eigenvalue weighted by molar-refractivity contribution is -0.146. The third kappa shape index (κ3) is 2.55. The first-order valence-electron chi connectivity index (χ1n) is 5.38. The zero-order chi connectivity index (χ0) is 12.3. The number of hydrogen-bond donors (Lipinski definition) is 1. The molecule has 0 spiro atoms. The van der Waals surface area contributed by atoms with E-state index in [-0.39, 0.29) is 6.61 Å². The summed E-state index contributed by atoms with van der Waals surface area (Å²) in [7, 11) is 0. The van der Waals surface area contributed by atoms with Crippen molar-refractivity contribution < 1.29 is 19.4 Å². The number of rotatable bonds is 3. The minimum absolute atomic E-state index is 0.169. The number of aliphatic carboxylic acids is 1. The minimum atomic E-state index is -0.979. The number of benzene rings is 1. The highest BCUT2D eigenvalue weighted by atomic mass is 16.6. The number of carbonyl (C=O) groups excluding carboxylic acids is 1. The average molecular weight is 235 g/mol. The molecule has 1 heterocycles. The van der Waals surface area contributed by atoms with Crippen LogP contribution in [0.3, 0.4) is 0 Å². The summed E-state index contributed by atoms with van der Waals surface area (Å²) >= 11 is 0. The Balaban J connectivity index is 1.84. The van der Waals surface area contributed by atoms with E-state index in [4.69, 9.17) is 9.84 Å². The first-order valence-corrected chi connectivity index (χ1v) is 5.38. The van der Waals surface area contributed by atoms with Crippen molar-refractivity contribution in [2.45, 2.75) is 19.1 Å². The van der Waals surface area contributed by atoms with Crippen molar-refractivity contribution in [1.82, 2.24) is 4.90 Å². The van der Waals surface area contributed by atoms with Crippen LogP contribution in [0.15, 0.2) is 30.3 Å². The second-order valence-electron chi connectivity index (χ2n) is 3.88. The maximum atomic E-state index is 11.6. The molecule has 1 aromatic rings. The van der Waals surface area contributed by atoms with Gasteiger partial charge >= 0.3 is 12.1 Å². The van der Waals surface area contributed by atoms with Crippen molar-refractivity contribution in [2.24, 2.45) is 0 Å². The van der Waals surface area contributed by atoms with Gasteiger partial charge in [0.25, 0.3) is 0 Å². The van der Waals surface area contributed by atoms with E-state index < -0.39 is 18.1 Å². The van der Waals surface area contributed by atoms with Gasteiger partial charge in [-0.05, 0) is 12.0 Å². The first kappa shape index (κ1) is 11.4. The molecule has 1 aliphatic rings. The number of amides is 1. The molecule has 1 aromatic carbocycles. The molecule has 0 aliphatic carbocycles. The number of carboxylic acids is 1. The van der Waals surface area contributed by atoms with Crippen LogP contribution in [0.4, 0.5) is 4.79 Å². The van der Waals surface area contributed by atoms with Crippen LogP contribution in [0.2, 0.25) is 0 Å². The van der Waals surface area contributed by atoms with E-state index in [1.54, 1.807) is 0 Å². The predicted octanol–water partition coefficient (Wildman–Crippen LogP) is 1.48. The normalized spacial score (nSPS) is 18.4. The van der Waals surface area contributed by atoms with Crippen LogP contribution in [-0.4, -0.2) is 34.7 Å². The minimum Gasteiger partial charge on any atom is -0.480 e. The lowest BCUT2D eigenvalue weighted by Crippen LogP contribution is -2.55. The summed E-state index contributed by atoms with van der Waals surface area (Å²) in [6, 6.07) is 8.55. The SMILES string of the molecule is O=C(O)[C@@H]1CCN1C(=O)OCc1ccccc1. The van der Waals surface area contributed by atoms with Crippen LogP contribution in [0, 0.1) is 0 Å². The number of hydrogen-bond acceptors (Lipinski definition) is 3. The van der Waals surface area contributed by atoms with Gasteiger partial charge in [0.15, 0.2) is 0 Å². The summed E-state index contributed by atoms with van der Waals surface area (Å²) < 4.78 is 5.04. The fourth-order valence-corrected chi connectivity index (χ4v) is 1.66. The molecule has 17 heavy (non-hydrogen) atoms. The Labute approximate surface area is 98.6 Å². The number of carboxylic acid groups (broad SMARTS) is 1. The Morgan fingerprint density at radius 2 is 2.06 bits per heavy atom. The van der Waals surface area contributed by atoms with Gasteiger partial charge in [0.05, 0.1) is 0 Å². The van der Waals surface area contributed by atoms with Gasteiger partial charge in [0, 0.05) is 6.54 Å². The highest BCUT2D eigenvalue weighted by Gasteiger charge is 2.38. The van der Waals surface area contributed by atoms with Crippen molar-refractivity contribution in [2.75, 3.05) is 6.54 Å². The molecule has 1 aliphatic heterocycles. The summed E-state index contributed by atoms with van der Waals surface area (Å²) in [5.41, 5.74) is 0.883. The zero-order valence-electron chi connectivity index (χ0n) is 9.20. The highest BCUT2D eigenvalue weighted by Crippen LogP contribution is 2.19. The van der Waals surface area contributed by atoms with Gasteiger partial charge in [-0.15, -0.1) is 0 Å². The smallest absolute Gasteiger partial charge is 0.410 e. The van der Waals surface area contributed by atoms with Gasteiger partial charge in [-0.2, -0.15) is 0 Å². The van der Waals surface area contributed by atoms with Crippen LogP contribution in [-0.2, 0) is 16.1 Å². The van der Waals surface area contributed by atoms with Crippen molar-refractivity contribution in [3.8, 4) is 0 Å². The van der Waals surface area contributed by atoms with Gasteiger partial charge in [-0.25, -0.2) is 9.59 Å². The quantitative estimate of drug-likeness (QED) is 0.861. The predicted molar refractivity (Wildman–Crippen MR) is 59.4 cm³/mol. The molecule has 0 aromatic heterocycles. The van der Waals surface area contributed by atoms with Crippen LogP contribution in [0.25, 0.3) is 0 Å². The van der Waals surface area contributed by atoms with Gasteiger partial charge in [-0.1, -0.05) is 30.3 Å². The molecule has 1 atom stereocenters. The molecule has 0 bridgehead atoms. The Kier molecular flexibility index (Phi) is 3.27. The van der Waals surface area contributed by atoms with E-state index in [9.17, 15) is 9.59 Å². The van der Waals surface area contributed by atoms with Gasteiger partial charge in [0.1, 0.15) is 12.6 Å².